The molecule has 0 amide bonds. The smallest absolute Gasteiger partial charge is 0.181 e. The van der Waals surface area contributed by atoms with Crippen molar-refractivity contribution in [2.45, 2.75) is 32.7 Å². The number of nitrogens with one attached hydrogen (secondary N) is 2. The maximum Gasteiger partial charge on any atom is 0.181 e. The average molecular weight is 242 g/mol. The minimum Gasteiger partial charge on any atom is -0.382 e. The maximum absolute atomic E-state index is 4.35. The molecule has 1 aromatic carbocycles. The van der Waals surface area contributed by atoms with Crippen LogP contribution in [-0.4, -0.2) is 21.2 Å². The molecule has 2 N–H and O–H groups in total. The first-order valence-electron chi connectivity index (χ1n) is 6.46. The molecule has 1 aliphatic carbocycles. The average Bonchev–Trinajstić information content (AvgIpc) is 2.74. The first kappa shape index (κ1) is 11.3. The van der Waals surface area contributed by atoms with Gasteiger partial charge in [0.15, 0.2) is 5.82 Å². The molecule has 4 heteroatoms. The Bertz CT molecular complexity index is 540. The predicted molar refractivity (Wildman–Crippen MR) is 72.4 cm³/mol. The van der Waals surface area contributed by atoms with Crippen LogP contribution in [0.2, 0.25) is 0 Å². The van der Waals surface area contributed by atoms with Crippen LogP contribution in [0.3, 0.4) is 0 Å². The quantitative estimate of drug-likeness (QED) is 0.870. The summed E-state index contributed by atoms with van der Waals surface area (Å²) in [6, 6.07) is 8.93. The minimum atomic E-state index is 0.629. The number of hydrogen-bond acceptors (Lipinski definition) is 3. The molecular weight excluding hydrogens is 224 g/mol. The number of nitrogens with zero attached hydrogens (tertiary/aromatic N) is 2. The Balaban J connectivity index is 1.76. The molecule has 3 rings (SSSR count). The summed E-state index contributed by atoms with van der Waals surface area (Å²) in [4.78, 5) is 4.35. The highest BCUT2D eigenvalue weighted by Crippen LogP contribution is 2.30. The first-order chi connectivity index (χ1) is 8.70. The third-order valence-corrected chi connectivity index (χ3v) is 3.46. The van der Waals surface area contributed by atoms with E-state index in [1.165, 1.54) is 12.8 Å². The second-order valence-corrected chi connectivity index (χ2v) is 5.24. The highest BCUT2D eigenvalue weighted by Gasteiger charge is 2.24. The van der Waals surface area contributed by atoms with Gasteiger partial charge in [-0.3, -0.25) is 5.10 Å². The molecule has 4 nitrogen and oxygen atoms in total. The molecule has 0 aliphatic heterocycles. The summed E-state index contributed by atoms with van der Waals surface area (Å²) >= 11 is 0. The van der Waals surface area contributed by atoms with E-state index in [1.807, 2.05) is 19.1 Å². The number of benzene rings is 1. The largest absolute Gasteiger partial charge is 0.382 e. The van der Waals surface area contributed by atoms with Gasteiger partial charge in [0.1, 0.15) is 5.82 Å². The molecule has 0 saturated heterocycles. The zero-order valence-electron chi connectivity index (χ0n) is 10.8. The fraction of sp³-hybridized carbons (Fsp3) is 0.429. The lowest BCUT2D eigenvalue weighted by atomic mass is 9.82. The lowest BCUT2D eigenvalue weighted by Gasteiger charge is -2.34. The van der Waals surface area contributed by atoms with Gasteiger partial charge in [-0.2, -0.15) is 5.10 Å². The fourth-order valence-corrected chi connectivity index (χ4v) is 2.48. The standard InChI is InChI=1S/C14H18N4/c1-9-6-13(7-9)16-12-5-3-4-11(8-12)14-15-10(2)17-18-14/h3-5,8-9,13,16H,6-7H2,1-2H3,(H,15,17,18). The maximum atomic E-state index is 4.35. The van der Waals surface area contributed by atoms with Crippen LogP contribution >= 0.6 is 0 Å². The molecule has 2 aromatic rings. The Kier molecular flexibility index (Phi) is 2.78. The third kappa shape index (κ3) is 2.23. The van der Waals surface area contributed by atoms with Crippen molar-refractivity contribution in [2.75, 3.05) is 5.32 Å². The molecule has 1 saturated carbocycles. The van der Waals surface area contributed by atoms with Gasteiger partial charge in [-0.1, -0.05) is 19.1 Å². The Morgan fingerprint density at radius 2 is 2.17 bits per heavy atom. The Morgan fingerprint density at radius 3 is 2.83 bits per heavy atom. The van der Waals surface area contributed by atoms with Crippen molar-refractivity contribution in [3.05, 3.63) is 30.1 Å². The van der Waals surface area contributed by atoms with Crippen LogP contribution in [0.15, 0.2) is 24.3 Å². The molecule has 1 aliphatic rings. The van der Waals surface area contributed by atoms with E-state index < -0.39 is 0 Å². The van der Waals surface area contributed by atoms with E-state index in [2.05, 4.69) is 39.6 Å². The predicted octanol–water partition coefficient (Wildman–Crippen LogP) is 2.99. The van der Waals surface area contributed by atoms with Crippen LogP contribution in [0.5, 0.6) is 0 Å². The van der Waals surface area contributed by atoms with Crippen LogP contribution in [0.1, 0.15) is 25.6 Å². The highest BCUT2D eigenvalue weighted by molar-refractivity contribution is 5.62. The Morgan fingerprint density at radius 1 is 1.33 bits per heavy atom. The molecule has 0 bridgehead atoms. The molecule has 18 heavy (non-hydrogen) atoms. The monoisotopic (exact) mass is 242 g/mol. The van der Waals surface area contributed by atoms with E-state index >= 15 is 0 Å². The molecule has 94 valence electrons. The number of aromatic nitrogens is 3. The van der Waals surface area contributed by atoms with Crippen molar-refractivity contribution in [2.24, 2.45) is 5.92 Å². The molecule has 1 fully saturated rings. The lowest BCUT2D eigenvalue weighted by molar-refractivity contribution is 0.309. The van der Waals surface area contributed by atoms with E-state index in [-0.39, 0.29) is 0 Å². The van der Waals surface area contributed by atoms with Gasteiger partial charge in [-0.15, -0.1) is 0 Å². The van der Waals surface area contributed by atoms with Gasteiger partial charge in [0.05, 0.1) is 0 Å². The number of anilines is 1. The number of hydrogen-bond donors (Lipinski definition) is 2. The minimum absolute atomic E-state index is 0.629. The lowest BCUT2D eigenvalue weighted by Crippen LogP contribution is -2.33. The normalized spacial score (nSPS) is 22.6. The molecular formula is C14H18N4. The van der Waals surface area contributed by atoms with Gasteiger partial charge in [0, 0.05) is 17.3 Å². The zero-order valence-corrected chi connectivity index (χ0v) is 10.8. The van der Waals surface area contributed by atoms with Crippen molar-refractivity contribution in [1.29, 1.82) is 0 Å². The van der Waals surface area contributed by atoms with Crippen molar-refractivity contribution >= 4 is 5.69 Å². The van der Waals surface area contributed by atoms with Crippen molar-refractivity contribution in [3.8, 4) is 11.4 Å². The fourth-order valence-electron chi connectivity index (χ4n) is 2.48. The Labute approximate surface area is 107 Å². The van der Waals surface area contributed by atoms with E-state index in [9.17, 15) is 0 Å². The van der Waals surface area contributed by atoms with Crippen LogP contribution in [0.4, 0.5) is 5.69 Å². The van der Waals surface area contributed by atoms with E-state index in [4.69, 9.17) is 0 Å². The third-order valence-electron chi connectivity index (χ3n) is 3.46. The zero-order chi connectivity index (χ0) is 12.5. The summed E-state index contributed by atoms with van der Waals surface area (Å²) < 4.78 is 0. The second-order valence-electron chi connectivity index (χ2n) is 5.24. The van der Waals surface area contributed by atoms with E-state index in [1.54, 1.807) is 0 Å². The summed E-state index contributed by atoms with van der Waals surface area (Å²) in [6.45, 7) is 4.21. The van der Waals surface area contributed by atoms with E-state index in [0.29, 0.717) is 6.04 Å². The molecule has 1 heterocycles. The SMILES string of the molecule is Cc1nc(-c2cccc(NC3CC(C)C3)c2)n[nH]1. The van der Waals surface area contributed by atoms with Crippen molar-refractivity contribution < 1.29 is 0 Å². The topological polar surface area (TPSA) is 53.6 Å². The summed E-state index contributed by atoms with van der Waals surface area (Å²) in [5.41, 5.74) is 2.21. The number of aryl methyl sites for hydroxylation is 1. The molecule has 0 unspecified atom stereocenters. The van der Waals surface area contributed by atoms with Crippen molar-refractivity contribution in [1.82, 2.24) is 15.2 Å². The molecule has 1 aromatic heterocycles. The van der Waals surface area contributed by atoms with Gasteiger partial charge in [0.25, 0.3) is 0 Å². The van der Waals surface area contributed by atoms with Gasteiger partial charge >= 0.3 is 0 Å². The van der Waals surface area contributed by atoms with Crippen LogP contribution in [0.25, 0.3) is 11.4 Å². The summed E-state index contributed by atoms with van der Waals surface area (Å²) in [5, 5.41) is 10.6. The van der Waals surface area contributed by atoms with Gasteiger partial charge in [-0.25, -0.2) is 4.98 Å². The summed E-state index contributed by atoms with van der Waals surface area (Å²) in [7, 11) is 0. The molecule has 0 radical (unpaired) electrons. The first-order valence-corrected chi connectivity index (χ1v) is 6.46. The van der Waals surface area contributed by atoms with E-state index in [0.717, 1.165) is 28.8 Å². The highest BCUT2D eigenvalue weighted by atomic mass is 15.2. The molecule has 0 spiro atoms. The number of rotatable bonds is 3. The molecule has 0 atom stereocenters. The van der Waals surface area contributed by atoms with Crippen LogP contribution in [0, 0.1) is 12.8 Å². The van der Waals surface area contributed by atoms with Crippen LogP contribution < -0.4 is 5.32 Å². The van der Waals surface area contributed by atoms with Gasteiger partial charge in [-0.05, 0) is 37.8 Å². The second kappa shape index (κ2) is 4.44. The van der Waals surface area contributed by atoms with Gasteiger partial charge < -0.3 is 5.32 Å². The van der Waals surface area contributed by atoms with Crippen LogP contribution in [-0.2, 0) is 0 Å². The van der Waals surface area contributed by atoms with Gasteiger partial charge in [0.2, 0.25) is 0 Å². The Hall–Kier alpha value is -1.84. The number of aromatic amines is 1. The van der Waals surface area contributed by atoms with Crippen molar-refractivity contribution in [3.63, 3.8) is 0 Å². The summed E-state index contributed by atoms with van der Waals surface area (Å²) in [5.74, 6) is 2.47. The summed E-state index contributed by atoms with van der Waals surface area (Å²) in [6.07, 6.45) is 2.54. The number of H-pyrrole nitrogens is 1.